The normalized spacial score (nSPS) is 14.1. The maximum absolute atomic E-state index is 5.73. The zero-order chi connectivity index (χ0) is 14.1. The first kappa shape index (κ1) is 16.0. The summed E-state index contributed by atoms with van der Waals surface area (Å²) >= 11 is 0. The van der Waals surface area contributed by atoms with Gasteiger partial charge in [0.1, 0.15) is 18.0 Å². The van der Waals surface area contributed by atoms with Gasteiger partial charge in [0.05, 0.1) is 13.7 Å². The van der Waals surface area contributed by atoms with Crippen LogP contribution in [0.25, 0.3) is 0 Å². The quantitative estimate of drug-likeness (QED) is 0.690. The monoisotopic (exact) mass is 268 g/mol. The highest BCUT2D eigenvalue weighted by molar-refractivity contribution is 5.29. The molecule has 1 aromatic rings. The SMILES string of the molecule is CCOCC(OCC)C(OC)c1ccc(OC)cc1. The van der Waals surface area contributed by atoms with E-state index in [1.165, 1.54) is 0 Å². The molecule has 1 rings (SSSR count). The lowest BCUT2D eigenvalue weighted by Crippen LogP contribution is -2.29. The molecule has 4 nitrogen and oxygen atoms in total. The van der Waals surface area contributed by atoms with Crippen LogP contribution in [0, 0.1) is 0 Å². The molecule has 0 radical (unpaired) electrons. The number of ether oxygens (including phenoxy) is 4. The molecule has 0 bridgehead atoms. The Morgan fingerprint density at radius 3 is 2.16 bits per heavy atom. The van der Waals surface area contributed by atoms with Gasteiger partial charge in [0, 0.05) is 20.3 Å². The van der Waals surface area contributed by atoms with E-state index in [0.29, 0.717) is 19.8 Å². The van der Waals surface area contributed by atoms with Gasteiger partial charge < -0.3 is 18.9 Å². The lowest BCUT2D eigenvalue weighted by molar-refractivity contribution is -0.0898. The van der Waals surface area contributed by atoms with Crippen molar-refractivity contribution in [2.75, 3.05) is 34.0 Å². The Morgan fingerprint density at radius 1 is 1.00 bits per heavy atom. The summed E-state index contributed by atoms with van der Waals surface area (Å²) in [6.07, 6.45) is -0.249. The van der Waals surface area contributed by atoms with E-state index in [1.54, 1.807) is 14.2 Å². The Balaban J connectivity index is 2.81. The molecule has 0 aliphatic rings. The Bertz CT molecular complexity index is 337. The Hall–Kier alpha value is -1.10. The van der Waals surface area contributed by atoms with Crippen LogP contribution in [0.15, 0.2) is 24.3 Å². The minimum Gasteiger partial charge on any atom is -0.497 e. The molecule has 0 amide bonds. The molecule has 0 aromatic heterocycles. The molecule has 19 heavy (non-hydrogen) atoms. The molecule has 2 atom stereocenters. The van der Waals surface area contributed by atoms with E-state index in [9.17, 15) is 0 Å². The molecule has 0 spiro atoms. The van der Waals surface area contributed by atoms with Gasteiger partial charge in [0.15, 0.2) is 0 Å². The third kappa shape index (κ3) is 4.82. The third-order valence-corrected chi connectivity index (χ3v) is 2.90. The van der Waals surface area contributed by atoms with E-state index < -0.39 is 0 Å². The third-order valence-electron chi connectivity index (χ3n) is 2.90. The fourth-order valence-corrected chi connectivity index (χ4v) is 1.97. The second-order valence-corrected chi connectivity index (χ2v) is 4.08. The van der Waals surface area contributed by atoms with Crippen molar-refractivity contribution >= 4 is 0 Å². The van der Waals surface area contributed by atoms with Gasteiger partial charge in [0.2, 0.25) is 0 Å². The standard InChI is InChI=1S/C15H24O4/c1-5-18-11-14(19-6-2)15(17-4)12-7-9-13(16-3)10-8-12/h7-10,14-15H,5-6,11H2,1-4H3. The van der Waals surface area contributed by atoms with Crippen molar-refractivity contribution < 1.29 is 18.9 Å². The van der Waals surface area contributed by atoms with Crippen molar-refractivity contribution in [1.82, 2.24) is 0 Å². The summed E-state index contributed by atoms with van der Waals surface area (Å²) in [5, 5.41) is 0. The van der Waals surface area contributed by atoms with E-state index >= 15 is 0 Å². The van der Waals surface area contributed by atoms with Crippen molar-refractivity contribution in [3.05, 3.63) is 29.8 Å². The first-order valence-corrected chi connectivity index (χ1v) is 6.62. The number of hydrogen-bond donors (Lipinski definition) is 0. The summed E-state index contributed by atoms with van der Waals surface area (Å²) in [5.41, 5.74) is 1.06. The molecule has 0 aliphatic carbocycles. The minimum atomic E-state index is -0.141. The number of rotatable bonds is 9. The fourth-order valence-electron chi connectivity index (χ4n) is 1.97. The first-order chi connectivity index (χ1) is 9.26. The predicted molar refractivity (Wildman–Crippen MR) is 74.7 cm³/mol. The van der Waals surface area contributed by atoms with Crippen LogP contribution >= 0.6 is 0 Å². The predicted octanol–water partition coefficient (Wildman–Crippen LogP) is 2.82. The summed E-state index contributed by atoms with van der Waals surface area (Å²) < 4.78 is 21.9. The maximum atomic E-state index is 5.73. The van der Waals surface area contributed by atoms with E-state index in [0.717, 1.165) is 11.3 Å². The van der Waals surface area contributed by atoms with E-state index in [-0.39, 0.29) is 12.2 Å². The van der Waals surface area contributed by atoms with E-state index in [1.807, 2.05) is 38.1 Å². The number of hydrogen-bond acceptors (Lipinski definition) is 4. The van der Waals surface area contributed by atoms with Crippen LogP contribution in [0.1, 0.15) is 25.5 Å². The van der Waals surface area contributed by atoms with Gasteiger partial charge in [-0.1, -0.05) is 12.1 Å². The summed E-state index contributed by atoms with van der Waals surface area (Å²) in [6, 6.07) is 7.83. The number of benzene rings is 1. The molecule has 0 fully saturated rings. The molecular formula is C15H24O4. The highest BCUT2D eigenvalue weighted by Crippen LogP contribution is 2.25. The van der Waals surface area contributed by atoms with Gasteiger partial charge in [-0.3, -0.25) is 0 Å². The largest absolute Gasteiger partial charge is 0.497 e. The average Bonchev–Trinajstić information content (AvgIpc) is 2.46. The van der Waals surface area contributed by atoms with Crippen molar-refractivity contribution in [2.24, 2.45) is 0 Å². The van der Waals surface area contributed by atoms with Crippen LogP contribution in [0.2, 0.25) is 0 Å². The topological polar surface area (TPSA) is 36.9 Å². The van der Waals surface area contributed by atoms with Crippen LogP contribution in [-0.4, -0.2) is 40.1 Å². The lowest BCUT2D eigenvalue weighted by atomic mass is 10.0. The Morgan fingerprint density at radius 2 is 1.68 bits per heavy atom. The summed E-state index contributed by atoms with van der Waals surface area (Å²) in [5.74, 6) is 0.830. The molecule has 108 valence electrons. The van der Waals surface area contributed by atoms with E-state index in [2.05, 4.69) is 0 Å². The minimum absolute atomic E-state index is 0.108. The Kier molecular flexibility index (Phi) is 7.48. The number of methoxy groups -OCH3 is 2. The second kappa shape index (κ2) is 8.91. The molecule has 0 N–H and O–H groups in total. The van der Waals surface area contributed by atoms with Gasteiger partial charge in [-0.25, -0.2) is 0 Å². The first-order valence-electron chi connectivity index (χ1n) is 6.62. The average molecular weight is 268 g/mol. The van der Waals surface area contributed by atoms with Crippen LogP contribution in [-0.2, 0) is 14.2 Å². The maximum Gasteiger partial charge on any atom is 0.118 e. The van der Waals surface area contributed by atoms with Crippen LogP contribution in [0.3, 0.4) is 0 Å². The van der Waals surface area contributed by atoms with Crippen molar-refractivity contribution in [3.63, 3.8) is 0 Å². The van der Waals surface area contributed by atoms with Crippen LogP contribution in [0.4, 0.5) is 0 Å². The van der Waals surface area contributed by atoms with Gasteiger partial charge in [-0.05, 0) is 31.5 Å². The molecule has 0 saturated heterocycles. The van der Waals surface area contributed by atoms with Gasteiger partial charge >= 0.3 is 0 Å². The fraction of sp³-hybridized carbons (Fsp3) is 0.600. The van der Waals surface area contributed by atoms with Crippen LogP contribution in [0.5, 0.6) is 5.75 Å². The van der Waals surface area contributed by atoms with Crippen LogP contribution < -0.4 is 4.74 Å². The zero-order valence-electron chi connectivity index (χ0n) is 12.2. The molecule has 0 aliphatic heterocycles. The summed E-state index contributed by atoms with van der Waals surface area (Å²) in [7, 11) is 3.34. The molecule has 4 heteroatoms. The molecule has 1 aromatic carbocycles. The van der Waals surface area contributed by atoms with Crippen molar-refractivity contribution in [3.8, 4) is 5.75 Å². The molecule has 2 unspecified atom stereocenters. The highest BCUT2D eigenvalue weighted by atomic mass is 16.6. The Labute approximate surface area is 115 Å². The smallest absolute Gasteiger partial charge is 0.118 e. The van der Waals surface area contributed by atoms with Gasteiger partial charge in [0.25, 0.3) is 0 Å². The molecule has 0 saturated carbocycles. The summed E-state index contributed by atoms with van der Waals surface area (Å²) in [4.78, 5) is 0. The van der Waals surface area contributed by atoms with Gasteiger partial charge in [-0.2, -0.15) is 0 Å². The van der Waals surface area contributed by atoms with Crippen molar-refractivity contribution in [2.45, 2.75) is 26.1 Å². The van der Waals surface area contributed by atoms with E-state index in [4.69, 9.17) is 18.9 Å². The lowest BCUT2D eigenvalue weighted by Gasteiger charge is -2.26. The molecular weight excluding hydrogens is 244 g/mol. The second-order valence-electron chi connectivity index (χ2n) is 4.08. The van der Waals surface area contributed by atoms with Gasteiger partial charge in [-0.15, -0.1) is 0 Å². The summed E-state index contributed by atoms with van der Waals surface area (Å²) in [6.45, 7) is 5.77. The highest BCUT2D eigenvalue weighted by Gasteiger charge is 2.23. The zero-order valence-corrected chi connectivity index (χ0v) is 12.2. The van der Waals surface area contributed by atoms with Crippen molar-refractivity contribution in [1.29, 1.82) is 0 Å². The molecule has 0 heterocycles.